The van der Waals surface area contributed by atoms with E-state index >= 15 is 0 Å². The minimum atomic E-state index is 0. The van der Waals surface area contributed by atoms with E-state index in [-0.39, 0.29) is 49.6 Å². The second-order valence-electron chi connectivity index (χ2n) is 3.81. The molecule has 0 aliphatic heterocycles. The van der Waals surface area contributed by atoms with E-state index in [1.807, 2.05) is 0 Å². The summed E-state index contributed by atoms with van der Waals surface area (Å²) in [5.41, 5.74) is 10.5. The molecule has 0 fully saturated rings. The minimum Gasteiger partial charge on any atom is -0.330 e. The molecule has 20 heavy (non-hydrogen) atoms. The molecule has 4 nitrogen and oxygen atoms in total. The highest BCUT2D eigenvalue weighted by atomic mass is 35.5. The van der Waals surface area contributed by atoms with Crippen LogP contribution < -0.4 is 11.5 Å². The van der Waals surface area contributed by atoms with Crippen LogP contribution in [0.3, 0.4) is 0 Å². The van der Waals surface area contributed by atoms with Crippen molar-refractivity contribution in [3.8, 4) is 0 Å². The summed E-state index contributed by atoms with van der Waals surface area (Å²) in [4.78, 5) is 0. The van der Waals surface area contributed by atoms with E-state index in [2.05, 4.69) is 0 Å². The number of nitrogens with two attached hydrogens (primary N) is 2. The van der Waals surface area contributed by atoms with Crippen molar-refractivity contribution >= 4 is 49.6 Å². The third-order valence-electron chi connectivity index (χ3n) is 2.26. The van der Waals surface area contributed by atoms with Crippen LogP contribution in [0, 0.1) is 0 Å². The van der Waals surface area contributed by atoms with E-state index < -0.39 is 0 Å². The Bertz CT molecular complexity index is 147. The lowest BCUT2D eigenvalue weighted by atomic mass is 10.3. The Morgan fingerprint density at radius 3 is 1.05 bits per heavy atom. The first-order chi connectivity index (χ1) is 7.70. The van der Waals surface area contributed by atoms with Gasteiger partial charge in [0.05, 0.1) is 0 Å². The fraction of sp³-hybridized carbons (Fsp3) is 1.00. The van der Waals surface area contributed by atoms with Gasteiger partial charge in [0, 0.05) is 26.2 Å². The van der Waals surface area contributed by atoms with Crippen LogP contribution in [0.15, 0.2) is 0 Å². The van der Waals surface area contributed by atoms with Gasteiger partial charge < -0.3 is 11.5 Å². The Morgan fingerprint density at radius 2 is 0.800 bits per heavy atom. The van der Waals surface area contributed by atoms with Crippen LogP contribution in [-0.4, -0.2) is 49.5 Å². The maximum Gasteiger partial charge on any atom is 0.0302 e. The van der Waals surface area contributed by atoms with E-state index in [4.69, 9.17) is 11.5 Å². The Balaban J connectivity index is -0.000000187. The minimum absolute atomic E-state index is 0. The van der Waals surface area contributed by atoms with Gasteiger partial charge in [0.25, 0.3) is 0 Å². The fourth-order valence-electron chi connectivity index (χ4n) is 1.32. The lowest BCUT2D eigenvalue weighted by Gasteiger charge is -2.13. The Labute approximate surface area is 145 Å². The third-order valence-corrected chi connectivity index (χ3v) is 2.26. The van der Waals surface area contributed by atoms with Crippen molar-refractivity contribution in [1.82, 2.24) is 10.2 Å². The maximum absolute atomic E-state index is 13.0. The molecular formula is C10H28Cl4F2N4. The zero-order valence-electron chi connectivity index (χ0n) is 11.5. The fourth-order valence-corrected chi connectivity index (χ4v) is 1.32. The van der Waals surface area contributed by atoms with Gasteiger partial charge in [-0.25, -0.2) is 0 Å². The molecule has 0 aliphatic carbocycles. The summed E-state index contributed by atoms with van der Waals surface area (Å²) >= 11 is 0. The predicted molar refractivity (Wildman–Crippen MR) is 90.9 cm³/mol. The molecule has 0 aliphatic rings. The molecule has 0 amide bonds. The number of hydrogen-bond acceptors (Lipinski definition) is 4. The molecule has 0 aromatic carbocycles. The van der Waals surface area contributed by atoms with Crippen LogP contribution in [0.2, 0.25) is 0 Å². The van der Waals surface area contributed by atoms with Crippen LogP contribution in [0.25, 0.3) is 0 Å². The Kier molecular flexibility index (Phi) is 40.6. The molecule has 0 radical (unpaired) electrons. The molecule has 4 N–H and O–H groups in total. The predicted octanol–water partition coefficient (Wildman–Crippen LogP) is 2.52. The third kappa shape index (κ3) is 23.9. The molecule has 0 aromatic heterocycles. The Morgan fingerprint density at radius 1 is 0.550 bits per heavy atom. The zero-order chi connectivity index (χ0) is 12.2. The molecule has 0 aromatic rings. The molecule has 0 spiro atoms. The van der Waals surface area contributed by atoms with Crippen molar-refractivity contribution in [1.29, 1.82) is 0 Å². The van der Waals surface area contributed by atoms with Gasteiger partial charge in [0.15, 0.2) is 0 Å². The largest absolute Gasteiger partial charge is 0.330 e. The lowest BCUT2D eigenvalue weighted by Crippen LogP contribution is -2.22. The molecule has 0 saturated carbocycles. The number of rotatable bonds is 11. The normalized spacial score (nSPS) is 9.30. The van der Waals surface area contributed by atoms with Gasteiger partial charge in [0.1, 0.15) is 0 Å². The van der Waals surface area contributed by atoms with Crippen LogP contribution in [0.4, 0.5) is 8.96 Å². The SMILES string of the molecule is Cl.Cl.Cl.Cl.NCCCN(F)CCCCN(F)CCCN. The standard InChI is InChI=1S/C10H24F2N4.4ClH/c11-15(9-3-5-13)7-1-2-8-16(12)10-4-6-14;;;;/h1-10,13-14H2;4*1H. The summed E-state index contributed by atoms with van der Waals surface area (Å²) < 4.78 is 25.9. The number of halogens is 6. The van der Waals surface area contributed by atoms with Crippen molar-refractivity contribution < 1.29 is 8.96 Å². The quantitative estimate of drug-likeness (QED) is 0.425. The van der Waals surface area contributed by atoms with Crippen molar-refractivity contribution in [2.45, 2.75) is 25.7 Å². The van der Waals surface area contributed by atoms with Crippen LogP contribution in [-0.2, 0) is 0 Å². The van der Waals surface area contributed by atoms with Gasteiger partial charge in [-0.1, -0.05) is 0 Å². The second-order valence-corrected chi connectivity index (χ2v) is 3.81. The highest BCUT2D eigenvalue weighted by Gasteiger charge is 2.04. The monoisotopic (exact) mass is 382 g/mol. The lowest BCUT2D eigenvalue weighted by molar-refractivity contribution is 0.00783. The van der Waals surface area contributed by atoms with E-state index in [0.717, 1.165) is 10.2 Å². The molecule has 0 heterocycles. The maximum atomic E-state index is 13.0. The second kappa shape index (κ2) is 24.9. The van der Waals surface area contributed by atoms with Crippen molar-refractivity contribution in [3.05, 3.63) is 0 Å². The van der Waals surface area contributed by atoms with Gasteiger partial charge in [-0.05, 0) is 38.8 Å². The average Bonchev–Trinajstić information content (AvgIpc) is 2.29. The van der Waals surface area contributed by atoms with Crippen molar-refractivity contribution in [2.24, 2.45) is 11.5 Å². The van der Waals surface area contributed by atoms with E-state index in [1.165, 1.54) is 0 Å². The number of nitrogens with zero attached hydrogens (tertiary/aromatic N) is 2. The van der Waals surface area contributed by atoms with E-state index in [0.29, 0.717) is 65.0 Å². The molecule has 0 rings (SSSR count). The smallest absolute Gasteiger partial charge is 0.0302 e. The first-order valence-electron chi connectivity index (χ1n) is 5.92. The highest BCUT2D eigenvalue weighted by molar-refractivity contribution is 5.86. The molecule has 10 heteroatoms. The van der Waals surface area contributed by atoms with Crippen LogP contribution in [0.1, 0.15) is 25.7 Å². The van der Waals surface area contributed by atoms with Crippen LogP contribution >= 0.6 is 49.6 Å². The summed E-state index contributed by atoms with van der Waals surface area (Å²) in [7, 11) is 0. The molecular weight excluding hydrogens is 356 g/mol. The van der Waals surface area contributed by atoms with Gasteiger partial charge in [-0.3, -0.25) is 0 Å². The van der Waals surface area contributed by atoms with Crippen LogP contribution in [0.5, 0.6) is 0 Å². The number of hydrogen-bond donors (Lipinski definition) is 2. The van der Waals surface area contributed by atoms with Gasteiger partial charge in [-0.15, -0.1) is 68.8 Å². The summed E-state index contributed by atoms with van der Waals surface area (Å²) in [6.45, 7) is 2.43. The Hall–Kier alpha value is 0.860. The van der Waals surface area contributed by atoms with Crippen molar-refractivity contribution in [2.75, 3.05) is 39.3 Å². The van der Waals surface area contributed by atoms with Crippen molar-refractivity contribution in [3.63, 3.8) is 0 Å². The van der Waals surface area contributed by atoms with Gasteiger partial charge in [-0.2, -0.15) is 0 Å². The summed E-state index contributed by atoms with van der Waals surface area (Å²) in [6.07, 6.45) is 2.62. The highest BCUT2D eigenvalue weighted by Crippen LogP contribution is 2.00. The zero-order valence-corrected chi connectivity index (χ0v) is 14.8. The first-order valence-corrected chi connectivity index (χ1v) is 5.92. The molecule has 0 bridgehead atoms. The molecule has 0 unspecified atom stereocenters. The van der Waals surface area contributed by atoms with Gasteiger partial charge in [0.2, 0.25) is 0 Å². The number of unbranched alkanes of at least 4 members (excludes halogenated alkanes) is 1. The summed E-state index contributed by atoms with van der Waals surface area (Å²) in [5, 5.41) is 1.49. The summed E-state index contributed by atoms with van der Waals surface area (Å²) in [5.74, 6) is 0. The van der Waals surface area contributed by atoms with E-state index in [1.54, 1.807) is 0 Å². The van der Waals surface area contributed by atoms with E-state index in [9.17, 15) is 8.96 Å². The van der Waals surface area contributed by atoms with Gasteiger partial charge >= 0.3 is 0 Å². The first kappa shape index (κ1) is 32.7. The molecule has 0 saturated heterocycles. The molecule has 0 atom stereocenters. The summed E-state index contributed by atoms with van der Waals surface area (Å²) in [6, 6.07) is 0. The molecule has 130 valence electrons. The average molecular weight is 384 g/mol. The topological polar surface area (TPSA) is 58.5 Å².